The lowest BCUT2D eigenvalue weighted by Gasteiger charge is -2.16. The van der Waals surface area contributed by atoms with Gasteiger partial charge in [0, 0.05) is 23.5 Å². The molecule has 1 aromatic heterocycles. The number of thioether (sulfide) groups is 1. The van der Waals surface area contributed by atoms with E-state index in [2.05, 4.69) is 10.4 Å². The molecule has 1 amide bonds. The van der Waals surface area contributed by atoms with Crippen molar-refractivity contribution in [2.45, 2.75) is 56.1 Å². The molecule has 3 aliphatic rings. The van der Waals surface area contributed by atoms with Crippen LogP contribution >= 0.6 is 11.8 Å². The predicted octanol–water partition coefficient (Wildman–Crippen LogP) is 2.51. The number of nitrogens with zero attached hydrogens (tertiary/aromatic N) is 2. The van der Waals surface area contributed by atoms with Crippen LogP contribution in [0.2, 0.25) is 0 Å². The van der Waals surface area contributed by atoms with Gasteiger partial charge in [-0.25, -0.2) is 13.1 Å². The SMILES string of the molecule is O=C(CC1CCCC1)Nc1c2c(nn1C1CCS(=O)(=O)C1)CSC2. The van der Waals surface area contributed by atoms with Crippen molar-refractivity contribution < 1.29 is 13.2 Å². The van der Waals surface area contributed by atoms with Gasteiger partial charge in [-0.05, 0) is 25.2 Å². The van der Waals surface area contributed by atoms with Crippen LogP contribution in [0.5, 0.6) is 0 Å². The average molecular weight is 370 g/mol. The number of anilines is 1. The number of carbonyl (C=O) groups excluding carboxylic acids is 1. The van der Waals surface area contributed by atoms with E-state index in [4.69, 9.17) is 0 Å². The van der Waals surface area contributed by atoms with Crippen LogP contribution in [0.15, 0.2) is 0 Å². The second-order valence-electron chi connectivity index (χ2n) is 7.17. The molecule has 6 nitrogen and oxygen atoms in total. The molecule has 2 aliphatic heterocycles. The van der Waals surface area contributed by atoms with E-state index in [1.807, 2.05) is 0 Å². The molecule has 4 rings (SSSR count). The lowest BCUT2D eigenvalue weighted by Crippen LogP contribution is -2.21. The van der Waals surface area contributed by atoms with Crippen LogP contribution in [0.3, 0.4) is 0 Å². The average Bonchev–Trinajstić information content (AvgIpc) is 3.25. The number of rotatable bonds is 4. The van der Waals surface area contributed by atoms with Gasteiger partial charge >= 0.3 is 0 Å². The van der Waals surface area contributed by atoms with Crippen LogP contribution in [0, 0.1) is 5.92 Å². The maximum atomic E-state index is 12.5. The Kier molecular flexibility index (Phi) is 4.36. The third kappa shape index (κ3) is 3.22. The minimum absolute atomic E-state index is 0.0450. The fourth-order valence-electron chi connectivity index (χ4n) is 4.06. The second kappa shape index (κ2) is 6.37. The second-order valence-corrected chi connectivity index (χ2v) is 10.4. The zero-order chi connectivity index (χ0) is 16.7. The van der Waals surface area contributed by atoms with E-state index >= 15 is 0 Å². The molecule has 0 spiro atoms. The summed E-state index contributed by atoms with van der Waals surface area (Å²) in [4.78, 5) is 12.5. The van der Waals surface area contributed by atoms with Gasteiger partial charge < -0.3 is 5.32 Å². The first kappa shape index (κ1) is 16.4. The zero-order valence-electron chi connectivity index (χ0n) is 13.7. The van der Waals surface area contributed by atoms with E-state index in [1.54, 1.807) is 16.4 Å². The number of sulfone groups is 1. The Morgan fingerprint density at radius 3 is 2.75 bits per heavy atom. The minimum Gasteiger partial charge on any atom is -0.311 e. The van der Waals surface area contributed by atoms with Crippen molar-refractivity contribution in [1.29, 1.82) is 0 Å². The first-order valence-electron chi connectivity index (χ1n) is 8.70. The molecule has 1 unspecified atom stereocenters. The topological polar surface area (TPSA) is 81.1 Å². The smallest absolute Gasteiger partial charge is 0.225 e. The summed E-state index contributed by atoms with van der Waals surface area (Å²) < 4.78 is 25.4. The van der Waals surface area contributed by atoms with Crippen LogP contribution in [0.4, 0.5) is 5.82 Å². The van der Waals surface area contributed by atoms with Crippen LogP contribution in [0.25, 0.3) is 0 Å². The van der Waals surface area contributed by atoms with Gasteiger partial charge in [0.1, 0.15) is 5.82 Å². The van der Waals surface area contributed by atoms with Crippen LogP contribution in [-0.4, -0.2) is 35.6 Å². The fraction of sp³-hybridized carbons (Fsp3) is 0.750. The highest BCUT2D eigenvalue weighted by Gasteiger charge is 2.34. The molecule has 1 atom stereocenters. The summed E-state index contributed by atoms with van der Waals surface area (Å²) in [5, 5.41) is 7.72. The summed E-state index contributed by atoms with van der Waals surface area (Å²) in [6.07, 6.45) is 5.88. The van der Waals surface area contributed by atoms with Gasteiger partial charge in [0.15, 0.2) is 9.84 Å². The number of fused-ring (bicyclic) bond motifs is 1. The van der Waals surface area contributed by atoms with E-state index in [-0.39, 0.29) is 23.5 Å². The number of hydrogen-bond donors (Lipinski definition) is 1. The van der Waals surface area contributed by atoms with Crippen molar-refractivity contribution >= 4 is 33.3 Å². The molecule has 1 aromatic rings. The van der Waals surface area contributed by atoms with Crippen LogP contribution < -0.4 is 5.32 Å². The van der Waals surface area contributed by atoms with Gasteiger partial charge in [0.2, 0.25) is 5.91 Å². The molecular formula is C16H23N3O3S2. The predicted molar refractivity (Wildman–Crippen MR) is 94.7 cm³/mol. The lowest BCUT2D eigenvalue weighted by atomic mass is 10.0. The summed E-state index contributed by atoms with van der Waals surface area (Å²) in [5.74, 6) is 3.32. The lowest BCUT2D eigenvalue weighted by molar-refractivity contribution is -0.117. The quantitative estimate of drug-likeness (QED) is 0.882. The van der Waals surface area contributed by atoms with Crippen LogP contribution in [-0.2, 0) is 26.1 Å². The normalized spacial score (nSPS) is 25.9. The van der Waals surface area contributed by atoms with E-state index in [0.717, 1.165) is 41.4 Å². The molecule has 1 N–H and O–H groups in total. The summed E-state index contributed by atoms with van der Waals surface area (Å²) >= 11 is 1.79. The Hall–Kier alpha value is -1.02. The molecular weight excluding hydrogens is 346 g/mol. The molecule has 1 aliphatic carbocycles. The van der Waals surface area contributed by atoms with Crippen molar-refractivity contribution in [3.63, 3.8) is 0 Å². The standard InChI is InChI=1S/C16H23N3O3S2/c20-15(7-11-3-1-2-4-11)17-16-13-8-23-9-14(13)18-19(16)12-5-6-24(21,22)10-12/h11-12H,1-10H2,(H,17,20). The Morgan fingerprint density at radius 1 is 1.25 bits per heavy atom. The Morgan fingerprint density at radius 2 is 2.04 bits per heavy atom. The van der Waals surface area contributed by atoms with Crippen molar-refractivity contribution in [3.8, 4) is 0 Å². The van der Waals surface area contributed by atoms with Crippen molar-refractivity contribution in [2.24, 2.45) is 5.92 Å². The number of amides is 1. The molecule has 0 radical (unpaired) electrons. The van der Waals surface area contributed by atoms with E-state index < -0.39 is 9.84 Å². The van der Waals surface area contributed by atoms with Gasteiger partial charge in [-0.2, -0.15) is 16.9 Å². The minimum atomic E-state index is -2.98. The first-order chi connectivity index (χ1) is 11.5. The van der Waals surface area contributed by atoms with Gasteiger partial charge in [0.25, 0.3) is 0 Å². The Labute approximate surface area is 146 Å². The number of hydrogen-bond acceptors (Lipinski definition) is 5. The largest absolute Gasteiger partial charge is 0.311 e. The highest BCUT2D eigenvalue weighted by Crippen LogP contribution is 2.38. The summed E-state index contributed by atoms with van der Waals surface area (Å²) in [5.41, 5.74) is 2.09. The van der Waals surface area contributed by atoms with E-state index in [9.17, 15) is 13.2 Å². The Balaban J connectivity index is 1.55. The maximum absolute atomic E-state index is 12.5. The highest BCUT2D eigenvalue weighted by atomic mass is 32.2. The van der Waals surface area contributed by atoms with Gasteiger partial charge in [-0.3, -0.25) is 4.79 Å². The number of nitrogens with one attached hydrogen (secondary N) is 1. The van der Waals surface area contributed by atoms with Gasteiger partial charge in [-0.1, -0.05) is 12.8 Å². The Bertz CT molecular complexity index is 751. The number of aromatic nitrogens is 2. The summed E-state index contributed by atoms with van der Waals surface area (Å²) in [6, 6.07) is -0.146. The van der Waals surface area contributed by atoms with Crippen LogP contribution in [0.1, 0.15) is 55.8 Å². The van der Waals surface area contributed by atoms with E-state index in [0.29, 0.717) is 18.8 Å². The van der Waals surface area contributed by atoms with Crippen molar-refractivity contribution in [1.82, 2.24) is 9.78 Å². The zero-order valence-corrected chi connectivity index (χ0v) is 15.3. The molecule has 2 fully saturated rings. The molecule has 0 bridgehead atoms. The third-order valence-electron chi connectivity index (χ3n) is 5.34. The third-order valence-corrected chi connectivity index (χ3v) is 8.06. The van der Waals surface area contributed by atoms with E-state index in [1.165, 1.54) is 12.8 Å². The molecule has 8 heteroatoms. The molecule has 0 aromatic carbocycles. The first-order valence-corrected chi connectivity index (χ1v) is 11.7. The summed E-state index contributed by atoms with van der Waals surface area (Å²) in [7, 11) is -2.98. The fourth-order valence-corrected chi connectivity index (χ4v) is 6.78. The molecule has 1 saturated heterocycles. The molecule has 3 heterocycles. The molecule has 24 heavy (non-hydrogen) atoms. The number of carbonyl (C=O) groups is 1. The monoisotopic (exact) mass is 369 g/mol. The maximum Gasteiger partial charge on any atom is 0.225 e. The van der Waals surface area contributed by atoms with Crippen molar-refractivity contribution in [2.75, 3.05) is 16.8 Å². The highest BCUT2D eigenvalue weighted by molar-refractivity contribution is 7.98. The summed E-state index contributed by atoms with van der Waals surface area (Å²) in [6.45, 7) is 0. The molecule has 132 valence electrons. The molecule has 1 saturated carbocycles. The van der Waals surface area contributed by atoms with Crippen molar-refractivity contribution in [3.05, 3.63) is 11.3 Å². The van der Waals surface area contributed by atoms with Gasteiger partial charge in [-0.15, -0.1) is 0 Å². The van der Waals surface area contributed by atoms with Gasteiger partial charge in [0.05, 0.1) is 23.2 Å².